The van der Waals surface area contributed by atoms with E-state index in [0.717, 1.165) is 68.1 Å². The number of aryl methyl sites for hydroxylation is 3. The predicted molar refractivity (Wildman–Crippen MR) is 187 cm³/mol. The van der Waals surface area contributed by atoms with Crippen molar-refractivity contribution >= 4 is 11.8 Å². The van der Waals surface area contributed by atoms with E-state index in [1.807, 2.05) is 25.1 Å². The maximum absolute atomic E-state index is 14.3. The van der Waals surface area contributed by atoms with Crippen LogP contribution in [0.3, 0.4) is 0 Å². The van der Waals surface area contributed by atoms with Gasteiger partial charge in [0.2, 0.25) is 5.88 Å². The van der Waals surface area contributed by atoms with Crippen molar-refractivity contribution in [3.63, 3.8) is 0 Å². The van der Waals surface area contributed by atoms with Gasteiger partial charge in [-0.2, -0.15) is 5.10 Å². The summed E-state index contributed by atoms with van der Waals surface area (Å²) in [6.45, 7) is 8.46. The number of rotatable bonds is 11. The van der Waals surface area contributed by atoms with Crippen LogP contribution in [0.1, 0.15) is 71.1 Å². The normalized spacial score (nSPS) is 19.7. The smallest absolute Gasteiger partial charge is 0.272 e. The van der Waals surface area contributed by atoms with Gasteiger partial charge >= 0.3 is 0 Å². The van der Waals surface area contributed by atoms with E-state index in [-0.39, 0.29) is 29.4 Å². The summed E-state index contributed by atoms with van der Waals surface area (Å²) in [5.41, 5.74) is 4.67. The number of benzene rings is 2. The number of halogens is 1. The average molecular weight is 668 g/mol. The lowest BCUT2D eigenvalue weighted by Gasteiger charge is -2.31. The highest BCUT2D eigenvalue weighted by molar-refractivity contribution is 5.96. The summed E-state index contributed by atoms with van der Waals surface area (Å²) in [5.74, 6) is -0.721. The fourth-order valence-electron chi connectivity index (χ4n) is 6.73. The minimum absolute atomic E-state index is 0.00749. The van der Waals surface area contributed by atoms with Crippen molar-refractivity contribution in [1.82, 2.24) is 35.6 Å². The van der Waals surface area contributed by atoms with Crippen LogP contribution >= 0.6 is 0 Å². The molecule has 3 heterocycles. The molecule has 11 heteroatoms. The highest BCUT2D eigenvalue weighted by atomic mass is 19.1. The van der Waals surface area contributed by atoms with E-state index in [4.69, 9.17) is 4.74 Å². The zero-order chi connectivity index (χ0) is 34.3. The van der Waals surface area contributed by atoms with Crippen molar-refractivity contribution in [2.45, 2.75) is 70.5 Å². The van der Waals surface area contributed by atoms with Crippen molar-refractivity contribution in [3.05, 3.63) is 95.2 Å². The topological polar surface area (TPSA) is 113 Å². The van der Waals surface area contributed by atoms with Gasteiger partial charge in [-0.1, -0.05) is 36.4 Å². The number of ether oxygens (including phenoxy) is 1. The molecule has 10 nitrogen and oxygen atoms in total. The number of carbonyl (C=O) groups is 2. The Hall–Kier alpha value is -4.61. The van der Waals surface area contributed by atoms with Crippen LogP contribution in [0.15, 0.2) is 66.9 Å². The minimum atomic E-state index is -0.620. The molecule has 1 atom stereocenters. The van der Waals surface area contributed by atoms with Gasteiger partial charge < -0.3 is 25.6 Å². The highest BCUT2D eigenvalue weighted by Crippen LogP contribution is 2.30. The molecule has 0 spiro atoms. The SMILES string of the molecule is Cc1cc(C(=O)NC2CCC(NC(=O)c3cc(F)cnc3Oc3cccc(-c4cccc(CCCN5CCNC(C)C5)c4)c3)CC2)nn1C. The molecular weight excluding hydrogens is 621 g/mol. The van der Waals surface area contributed by atoms with Gasteiger partial charge in [0.05, 0.1) is 6.20 Å². The molecule has 4 aromatic rings. The third-order valence-electron chi connectivity index (χ3n) is 9.51. The Morgan fingerprint density at radius 1 is 0.980 bits per heavy atom. The second-order valence-electron chi connectivity index (χ2n) is 13.4. The van der Waals surface area contributed by atoms with Gasteiger partial charge in [-0.15, -0.1) is 0 Å². The van der Waals surface area contributed by atoms with Crippen molar-refractivity contribution < 1.29 is 18.7 Å². The molecule has 2 amide bonds. The van der Waals surface area contributed by atoms with Crippen LogP contribution in [0, 0.1) is 12.7 Å². The van der Waals surface area contributed by atoms with E-state index in [0.29, 0.717) is 43.2 Å². The Balaban J connectivity index is 1.05. The fraction of sp³-hybridized carbons (Fsp3) is 0.421. The number of hydrogen-bond acceptors (Lipinski definition) is 7. The van der Waals surface area contributed by atoms with Crippen LogP contribution in [0.25, 0.3) is 11.1 Å². The van der Waals surface area contributed by atoms with Crippen LogP contribution in [0.2, 0.25) is 0 Å². The van der Waals surface area contributed by atoms with Crippen LogP contribution in [0.4, 0.5) is 4.39 Å². The molecule has 1 saturated heterocycles. The summed E-state index contributed by atoms with van der Waals surface area (Å²) >= 11 is 0. The molecule has 0 radical (unpaired) electrons. The molecule has 258 valence electrons. The van der Waals surface area contributed by atoms with E-state index >= 15 is 0 Å². The van der Waals surface area contributed by atoms with E-state index in [1.165, 1.54) is 5.56 Å². The third-order valence-corrected chi connectivity index (χ3v) is 9.51. The average Bonchev–Trinajstić information content (AvgIpc) is 3.44. The van der Waals surface area contributed by atoms with Gasteiger partial charge in [0.25, 0.3) is 11.8 Å². The molecule has 2 aliphatic rings. The Labute approximate surface area is 287 Å². The largest absolute Gasteiger partial charge is 0.438 e. The highest BCUT2D eigenvalue weighted by Gasteiger charge is 2.26. The van der Waals surface area contributed by atoms with Crippen LogP contribution in [-0.4, -0.2) is 75.8 Å². The number of piperazine rings is 1. The van der Waals surface area contributed by atoms with Crippen LogP contribution < -0.4 is 20.7 Å². The Morgan fingerprint density at radius 3 is 2.41 bits per heavy atom. The van der Waals surface area contributed by atoms with Crippen molar-refractivity contribution in [3.8, 4) is 22.8 Å². The number of pyridine rings is 1. The second kappa shape index (κ2) is 15.7. The second-order valence-corrected chi connectivity index (χ2v) is 13.4. The number of aromatic nitrogens is 3. The number of nitrogens with one attached hydrogen (secondary N) is 3. The first kappa shape index (κ1) is 34.3. The lowest BCUT2D eigenvalue weighted by atomic mass is 9.91. The van der Waals surface area contributed by atoms with E-state index < -0.39 is 11.7 Å². The van der Waals surface area contributed by atoms with Gasteiger partial charge in [0, 0.05) is 50.5 Å². The standard InChI is InChI=1S/C38H46FN7O3/c1-25-24-46(18-16-40-25)17-6-8-27-7-4-9-28(20-27)29-10-5-11-33(21-29)49-38-34(22-30(39)23-41-38)36(47)42-31-12-14-32(15-13-31)43-37(48)35-19-26(2)45(3)44-35/h4-5,7,9-11,19-23,25,31-32,40H,6,8,12-18,24H2,1-3H3,(H,42,47)(H,43,48). The molecule has 3 N–H and O–H groups in total. The molecule has 1 aliphatic carbocycles. The summed E-state index contributed by atoms with van der Waals surface area (Å²) in [7, 11) is 1.80. The first-order valence-corrected chi connectivity index (χ1v) is 17.3. The Kier molecular flexibility index (Phi) is 11.0. The molecule has 2 fully saturated rings. The quantitative estimate of drug-likeness (QED) is 0.196. The monoisotopic (exact) mass is 667 g/mol. The summed E-state index contributed by atoms with van der Waals surface area (Å²) < 4.78 is 22.1. The third kappa shape index (κ3) is 9.10. The number of amides is 2. The van der Waals surface area contributed by atoms with E-state index in [9.17, 15) is 14.0 Å². The first-order valence-electron chi connectivity index (χ1n) is 17.3. The molecule has 1 unspecified atom stereocenters. The predicted octanol–water partition coefficient (Wildman–Crippen LogP) is 5.42. The number of hydrogen-bond donors (Lipinski definition) is 3. The molecule has 49 heavy (non-hydrogen) atoms. The van der Waals surface area contributed by atoms with Gasteiger partial charge in [0.15, 0.2) is 0 Å². The molecule has 1 aliphatic heterocycles. The van der Waals surface area contributed by atoms with Gasteiger partial charge in [-0.05, 0) is 99.9 Å². The molecule has 2 aromatic carbocycles. The van der Waals surface area contributed by atoms with E-state index in [1.54, 1.807) is 23.9 Å². The fourth-order valence-corrected chi connectivity index (χ4v) is 6.73. The molecule has 0 bridgehead atoms. The number of nitrogens with zero attached hydrogens (tertiary/aromatic N) is 4. The molecular formula is C38H46FN7O3. The van der Waals surface area contributed by atoms with Crippen LogP contribution in [-0.2, 0) is 13.5 Å². The summed E-state index contributed by atoms with van der Waals surface area (Å²) in [4.78, 5) is 32.7. The molecule has 6 rings (SSSR count). The van der Waals surface area contributed by atoms with Crippen molar-refractivity contribution in [2.75, 3.05) is 26.2 Å². The number of carbonyl (C=O) groups excluding carboxylic acids is 2. The minimum Gasteiger partial charge on any atom is -0.438 e. The maximum Gasteiger partial charge on any atom is 0.272 e. The van der Waals surface area contributed by atoms with Gasteiger partial charge in [-0.3, -0.25) is 14.3 Å². The zero-order valence-corrected chi connectivity index (χ0v) is 28.5. The summed E-state index contributed by atoms with van der Waals surface area (Å²) in [6.07, 6.45) is 5.91. The van der Waals surface area contributed by atoms with E-state index in [2.05, 4.69) is 62.1 Å². The van der Waals surface area contributed by atoms with Crippen LogP contribution in [0.5, 0.6) is 11.6 Å². The lowest BCUT2D eigenvalue weighted by molar-refractivity contribution is 0.0887. The van der Waals surface area contributed by atoms with Crippen molar-refractivity contribution in [1.29, 1.82) is 0 Å². The Bertz CT molecular complexity index is 1750. The zero-order valence-electron chi connectivity index (χ0n) is 28.5. The lowest BCUT2D eigenvalue weighted by Crippen LogP contribution is -2.49. The molecule has 1 saturated carbocycles. The Morgan fingerprint density at radius 2 is 1.69 bits per heavy atom. The first-order chi connectivity index (χ1) is 23.7. The maximum atomic E-state index is 14.3. The van der Waals surface area contributed by atoms with Gasteiger partial charge in [-0.25, -0.2) is 9.37 Å². The van der Waals surface area contributed by atoms with Gasteiger partial charge in [0.1, 0.15) is 22.8 Å². The summed E-state index contributed by atoms with van der Waals surface area (Å²) in [5, 5.41) is 13.8. The van der Waals surface area contributed by atoms with Crippen molar-refractivity contribution in [2.24, 2.45) is 7.05 Å². The molecule has 2 aromatic heterocycles. The summed E-state index contributed by atoms with van der Waals surface area (Å²) in [6, 6.07) is 19.5.